The molecule has 3 aromatic carbocycles. The molecule has 0 heterocycles. The quantitative estimate of drug-likeness (QED) is 0.342. The Morgan fingerprint density at radius 1 is 0.950 bits per heavy atom. The second kappa shape index (κ2) is 13.2. The first kappa shape index (κ1) is 31.0. The van der Waals surface area contributed by atoms with Crippen molar-refractivity contribution in [2.24, 2.45) is 0 Å². The van der Waals surface area contributed by atoms with E-state index in [9.17, 15) is 31.2 Å². The molecular weight excluding hydrogens is 567 g/mol. The van der Waals surface area contributed by atoms with Crippen LogP contribution < -0.4 is 9.62 Å². The number of rotatable bonds is 11. The predicted octanol–water partition coefficient (Wildman–Crippen LogP) is 4.90. The van der Waals surface area contributed by atoms with Crippen molar-refractivity contribution in [2.75, 3.05) is 23.7 Å². The summed E-state index contributed by atoms with van der Waals surface area (Å²) in [5.41, 5.74) is -0.185. The van der Waals surface area contributed by atoms with Gasteiger partial charge >= 0.3 is 6.18 Å². The molecule has 0 saturated heterocycles. The summed E-state index contributed by atoms with van der Waals surface area (Å²) in [7, 11) is -4.23. The van der Waals surface area contributed by atoms with Crippen molar-refractivity contribution in [2.45, 2.75) is 32.1 Å². The van der Waals surface area contributed by atoms with E-state index in [1.54, 1.807) is 61.5 Å². The molecule has 214 valence electrons. The van der Waals surface area contributed by atoms with Crippen LogP contribution >= 0.6 is 11.6 Å². The first-order valence-corrected chi connectivity index (χ1v) is 14.5. The van der Waals surface area contributed by atoms with Gasteiger partial charge in [0.1, 0.15) is 12.6 Å². The van der Waals surface area contributed by atoms with Gasteiger partial charge in [0.15, 0.2) is 0 Å². The van der Waals surface area contributed by atoms with Gasteiger partial charge in [0.2, 0.25) is 21.8 Å². The number of benzene rings is 3. The Kier molecular flexibility index (Phi) is 10.2. The van der Waals surface area contributed by atoms with Crippen molar-refractivity contribution in [1.29, 1.82) is 0 Å². The molecule has 0 saturated carbocycles. The van der Waals surface area contributed by atoms with Crippen molar-refractivity contribution >= 4 is 39.1 Å². The Labute approximate surface area is 236 Å². The van der Waals surface area contributed by atoms with E-state index in [0.29, 0.717) is 15.9 Å². The lowest BCUT2D eigenvalue weighted by molar-refractivity contribution is -0.140. The van der Waals surface area contributed by atoms with Crippen LogP contribution in [0.25, 0.3) is 0 Å². The van der Waals surface area contributed by atoms with E-state index in [-0.39, 0.29) is 25.2 Å². The summed E-state index contributed by atoms with van der Waals surface area (Å²) in [5.74, 6) is -1.22. The second-order valence-electron chi connectivity index (χ2n) is 9.04. The zero-order valence-electron chi connectivity index (χ0n) is 21.9. The number of sulfonamides is 1. The molecule has 0 aliphatic carbocycles. The molecule has 0 radical (unpaired) electrons. The Morgan fingerprint density at radius 3 is 2.05 bits per heavy atom. The molecule has 1 N–H and O–H groups in total. The topological polar surface area (TPSA) is 86.8 Å². The number of hydrogen-bond donors (Lipinski definition) is 1. The summed E-state index contributed by atoms with van der Waals surface area (Å²) in [4.78, 5) is 28.4. The van der Waals surface area contributed by atoms with Crippen LogP contribution in [-0.2, 0) is 38.8 Å². The van der Waals surface area contributed by atoms with E-state index >= 15 is 0 Å². The minimum atomic E-state index is -4.85. The molecule has 12 heteroatoms. The largest absolute Gasteiger partial charge is 0.417 e. The zero-order chi connectivity index (χ0) is 29.5. The number of carbonyl (C=O) groups excluding carboxylic acids is 2. The fourth-order valence-corrected chi connectivity index (χ4v) is 5.19. The third-order valence-electron chi connectivity index (χ3n) is 6.04. The Morgan fingerprint density at radius 2 is 1.52 bits per heavy atom. The van der Waals surface area contributed by atoms with Gasteiger partial charge in [-0.1, -0.05) is 72.3 Å². The maximum Gasteiger partial charge on any atom is 0.417 e. The van der Waals surface area contributed by atoms with Gasteiger partial charge in [0, 0.05) is 19.5 Å². The van der Waals surface area contributed by atoms with Crippen LogP contribution in [-0.4, -0.2) is 50.5 Å². The number of anilines is 1. The molecule has 0 unspecified atom stereocenters. The van der Waals surface area contributed by atoms with Crippen LogP contribution in [0.1, 0.15) is 23.6 Å². The molecular formula is C28H29ClF3N3O4S. The fraction of sp³-hybridized carbons (Fsp3) is 0.286. The summed E-state index contributed by atoms with van der Waals surface area (Å²) in [6.45, 7) is 1.14. The van der Waals surface area contributed by atoms with Crippen molar-refractivity contribution < 1.29 is 31.2 Å². The average Bonchev–Trinajstić information content (AvgIpc) is 2.89. The SMILES string of the molecule is CCNC(=O)[C@@H](Cc1ccccc1)N(Cc1ccccc1)C(=O)CN(c1ccc(Cl)c(C(F)(F)F)c1)S(C)(=O)=O. The van der Waals surface area contributed by atoms with E-state index in [4.69, 9.17) is 11.6 Å². The van der Waals surface area contributed by atoms with E-state index in [0.717, 1.165) is 24.0 Å². The molecule has 3 rings (SSSR count). The third-order valence-corrected chi connectivity index (χ3v) is 7.51. The number of carbonyl (C=O) groups is 2. The van der Waals surface area contributed by atoms with Gasteiger partial charge in [-0.15, -0.1) is 0 Å². The van der Waals surface area contributed by atoms with Crippen LogP contribution in [0.5, 0.6) is 0 Å². The normalized spacial score (nSPS) is 12.4. The van der Waals surface area contributed by atoms with Gasteiger partial charge in [-0.25, -0.2) is 8.42 Å². The first-order chi connectivity index (χ1) is 18.8. The van der Waals surface area contributed by atoms with E-state index in [2.05, 4.69) is 5.32 Å². The molecule has 0 spiro atoms. The molecule has 0 bridgehead atoms. The lowest BCUT2D eigenvalue weighted by Gasteiger charge is -2.33. The zero-order valence-corrected chi connectivity index (χ0v) is 23.4. The van der Waals surface area contributed by atoms with Gasteiger partial charge in [0.05, 0.1) is 22.5 Å². The number of alkyl halides is 3. The highest BCUT2D eigenvalue weighted by Gasteiger charge is 2.36. The summed E-state index contributed by atoms with van der Waals surface area (Å²) >= 11 is 5.72. The Balaban J connectivity index is 2.06. The lowest BCUT2D eigenvalue weighted by atomic mass is 10.0. The number of amides is 2. The van der Waals surface area contributed by atoms with Gasteiger partial charge in [0.25, 0.3) is 0 Å². The van der Waals surface area contributed by atoms with Gasteiger partial charge in [-0.05, 0) is 36.2 Å². The molecule has 0 aromatic heterocycles. The van der Waals surface area contributed by atoms with Crippen LogP contribution in [0, 0.1) is 0 Å². The van der Waals surface area contributed by atoms with Crippen LogP contribution in [0.4, 0.5) is 18.9 Å². The van der Waals surface area contributed by atoms with E-state index < -0.39 is 51.2 Å². The number of hydrogen-bond acceptors (Lipinski definition) is 4. The molecule has 0 aliphatic heterocycles. The van der Waals surface area contributed by atoms with Gasteiger partial charge in [-0.2, -0.15) is 13.2 Å². The number of likely N-dealkylation sites (N-methyl/N-ethyl adjacent to an activating group) is 1. The maximum atomic E-state index is 13.9. The maximum absolute atomic E-state index is 13.9. The Bertz CT molecular complexity index is 1420. The monoisotopic (exact) mass is 595 g/mol. The van der Waals surface area contributed by atoms with Crippen molar-refractivity contribution in [3.8, 4) is 0 Å². The highest BCUT2D eigenvalue weighted by atomic mass is 35.5. The van der Waals surface area contributed by atoms with Crippen LogP contribution in [0.15, 0.2) is 78.9 Å². The van der Waals surface area contributed by atoms with Crippen LogP contribution in [0.3, 0.4) is 0 Å². The Hall–Kier alpha value is -3.57. The minimum absolute atomic E-state index is 0.0413. The minimum Gasteiger partial charge on any atom is -0.355 e. The smallest absolute Gasteiger partial charge is 0.355 e. The van der Waals surface area contributed by atoms with Crippen LogP contribution in [0.2, 0.25) is 5.02 Å². The average molecular weight is 596 g/mol. The molecule has 1 atom stereocenters. The second-order valence-corrected chi connectivity index (χ2v) is 11.4. The number of nitrogens with zero attached hydrogens (tertiary/aromatic N) is 2. The molecule has 3 aromatic rings. The summed E-state index contributed by atoms with van der Waals surface area (Å²) in [6.07, 6.45) is -3.93. The number of nitrogens with one attached hydrogen (secondary N) is 1. The molecule has 0 fully saturated rings. The summed E-state index contributed by atoms with van der Waals surface area (Å²) in [5, 5.41) is 2.12. The molecule has 0 aliphatic rings. The van der Waals surface area contributed by atoms with Crippen molar-refractivity contribution in [3.05, 3.63) is 101 Å². The molecule has 40 heavy (non-hydrogen) atoms. The number of halogens is 4. The van der Waals surface area contributed by atoms with Crippen molar-refractivity contribution in [3.63, 3.8) is 0 Å². The first-order valence-electron chi connectivity index (χ1n) is 12.3. The van der Waals surface area contributed by atoms with E-state index in [1.165, 1.54) is 4.90 Å². The lowest BCUT2D eigenvalue weighted by Crippen LogP contribution is -2.53. The highest BCUT2D eigenvalue weighted by molar-refractivity contribution is 7.92. The fourth-order valence-electron chi connectivity index (χ4n) is 4.13. The third kappa shape index (κ3) is 8.22. The molecule has 2 amide bonds. The summed E-state index contributed by atoms with van der Waals surface area (Å²) < 4.78 is 66.7. The molecule has 7 nitrogen and oxygen atoms in total. The van der Waals surface area contributed by atoms with Crippen molar-refractivity contribution in [1.82, 2.24) is 10.2 Å². The standard InChI is InChI=1S/C28H29ClF3N3O4S/c1-3-33-27(37)25(16-20-10-6-4-7-11-20)34(18-21-12-8-5-9-13-21)26(36)19-35(40(2,38)39)22-14-15-24(29)23(17-22)28(30,31)32/h4-15,17,25H,3,16,18-19H2,1-2H3,(H,33,37)/t25-/m1/s1. The van der Waals surface area contributed by atoms with Gasteiger partial charge < -0.3 is 10.2 Å². The highest BCUT2D eigenvalue weighted by Crippen LogP contribution is 2.37. The van der Waals surface area contributed by atoms with Gasteiger partial charge in [-0.3, -0.25) is 13.9 Å². The predicted molar refractivity (Wildman–Crippen MR) is 148 cm³/mol. The van der Waals surface area contributed by atoms with E-state index in [1.807, 2.05) is 6.07 Å². The summed E-state index contributed by atoms with van der Waals surface area (Å²) in [6, 6.07) is 19.4.